The van der Waals surface area contributed by atoms with Crippen LogP contribution in [0, 0.1) is 5.92 Å². The van der Waals surface area contributed by atoms with Crippen molar-refractivity contribution in [2.75, 3.05) is 31.5 Å². The largest absolute Gasteiger partial charge is 1.00 e. The number of hydrogen-bond donors (Lipinski definition) is 2. The summed E-state index contributed by atoms with van der Waals surface area (Å²) < 4.78 is 6.62. The van der Waals surface area contributed by atoms with E-state index in [4.69, 9.17) is 4.74 Å². The number of benzene rings is 2. The van der Waals surface area contributed by atoms with Crippen LogP contribution in [-0.4, -0.2) is 63.7 Å². The number of aliphatic hydroxyl groups is 1. The highest BCUT2D eigenvalue weighted by Gasteiger charge is 2.51. The quantitative estimate of drug-likeness (QED) is 0.303. The molecule has 2 N–H and O–H groups in total. The minimum absolute atomic E-state index is 0. The normalized spacial score (nSPS) is 22.8. The Balaban J connectivity index is 0.00000304. The zero-order valence-corrected chi connectivity index (χ0v) is 21.4. The van der Waals surface area contributed by atoms with Gasteiger partial charge in [-0.25, -0.2) is 14.8 Å². The number of quaternary nitrogens is 1. The van der Waals surface area contributed by atoms with Gasteiger partial charge in [0.2, 0.25) is 5.60 Å². The summed E-state index contributed by atoms with van der Waals surface area (Å²) in [5.74, 6) is -0.120. The molecular formula is C27H29BrN4O4. The molecule has 3 aliphatic heterocycles. The molecule has 6 rings (SSSR count). The number of carbonyl (C=O) groups is 2. The molecule has 1 atom stereocenters. The van der Waals surface area contributed by atoms with Crippen LogP contribution in [0.15, 0.2) is 79.3 Å². The molecule has 1 amide bonds. The van der Waals surface area contributed by atoms with Crippen molar-refractivity contribution in [1.82, 2.24) is 9.97 Å². The topological polar surface area (TPSA) is 101 Å². The number of piperidine rings is 3. The van der Waals surface area contributed by atoms with Crippen LogP contribution in [0.4, 0.5) is 5.82 Å². The first kappa shape index (κ1) is 25.9. The van der Waals surface area contributed by atoms with Crippen molar-refractivity contribution in [3.63, 3.8) is 0 Å². The number of amides is 1. The van der Waals surface area contributed by atoms with E-state index >= 15 is 0 Å². The smallest absolute Gasteiger partial charge is 0.348 e. The second-order valence-electron chi connectivity index (χ2n) is 9.50. The highest BCUT2D eigenvalue weighted by molar-refractivity contribution is 5.90. The van der Waals surface area contributed by atoms with Gasteiger partial charge in [-0.1, -0.05) is 60.7 Å². The van der Waals surface area contributed by atoms with Gasteiger partial charge in [0.1, 0.15) is 18.7 Å². The lowest BCUT2D eigenvalue weighted by Gasteiger charge is -2.51. The lowest BCUT2D eigenvalue weighted by atomic mass is 9.82. The number of halogens is 1. The molecule has 2 bridgehead atoms. The summed E-state index contributed by atoms with van der Waals surface area (Å²) in [7, 11) is 0. The maximum absolute atomic E-state index is 13.6. The molecule has 4 heterocycles. The van der Waals surface area contributed by atoms with Crippen molar-refractivity contribution in [3.05, 3.63) is 90.4 Å². The fourth-order valence-corrected chi connectivity index (χ4v) is 5.41. The van der Waals surface area contributed by atoms with E-state index in [1.807, 2.05) is 12.1 Å². The zero-order chi connectivity index (χ0) is 24.3. The maximum Gasteiger partial charge on any atom is 0.348 e. The van der Waals surface area contributed by atoms with E-state index in [-0.39, 0.29) is 41.5 Å². The third-order valence-corrected chi connectivity index (χ3v) is 7.31. The molecule has 0 saturated carbocycles. The van der Waals surface area contributed by atoms with Crippen LogP contribution < -0.4 is 22.3 Å². The van der Waals surface area contributed by atoms with Gasteiger partial charge in [0.05, 0.1) is 13.1 Å². The molecule has 3 fully saturated rings. The van der Waals surface area contributed by atoms with Crippen LogP contribution in [-0.2, 0) is 19.9 Å². The number of aromatic nitrogens is 2. The second kappa shape index (κ2) is 10.9. The molecule has 188 valence electrons. The lowest BCUT2D eigenvalue weighted by molar-refractivity contribution is -0.939. The highest BCUT2D eigenvalue weighted by Crippen LogP contribution is 2.38. The Bertz CT molecular complexity index is 1130. The van der Waals surface area contributed by atoms with Crippen molar-refractivity contribution in [1.29, 1.82) is 0 Å². The maximum atomic E-state index is 13.6. The van der Waals surface area contributed by atoms with E-state index in [0.29, 0.717) is 28.0 Å². The van der Waals surface area contributed by atoms with Crippen LogP contribution in [0.25, 0.3) is 0 Å². The Kier molecular flexibility index (Phi) is 7.82. The van der Waals surface area contributed by atoms with Crippen molar-refractivity contribution >= 4 is 17.7 Å². The Morgan fingerprint density at radius 2 is 1.61 bits per heavy atom. The Hall–Kier alpha value is -3.14. The summed E-state index contributed by atoms with van der Waals surface area (Å²) in [6.45, 7) is 2.55. The predicted molar refractivity (Wildman–Crippen MR) is 129 cm³/mol. The minimum Gasteiger partial charge on any atom is -1.00 e. The van der Waals surface area contributed by atoms with Crippen LogP contribution in [0.5, 0.6) is 0 Å². The van der Waals surface area contributed by atoms with E-state index in [0.717, 1.165) is 25.9 Å². The van der Waals surface area contributed by atoms with Gasteiger partial charge in [-0.15, -0.1) is 0 Å². The van der Waals surface area contributed by atoms with Gasteiger partial charge < -0.3 is 36.6 Å². The third-order valence-electron chi connectivity index (χ3n) is 7.31. The standard InChI is InChI=1S/C27H28N4O4.BrH/c32-25(30-24-11-14-28-19-29-24)18-31-15-12-20(13-16-31)23(17-31)35-26(33)27(34,21-7-3-1-4-8-21)22-9-5-2-6-10-22;/h1-11,14,19-20,23,34H,12-13,15-18H2;1H/t20?,23-,31?;/m0./s1. The number of ether oxygens (including phenoxy) is 1. The molecule has 1 aromatic heterocycles. The summed E-state index contributed by atoms with van der Waals surface area (Å²) in [6, 6.07) is 19.4. The SMILES string of the molecule is O=C(C[N+]12CCC(CC1)[C@@H](OC(=O)C(O)(c1ccccc1)c1ccccc1)C2)Nc1ccncn1.[Br-]. The van der Waals surface area contributed by atoms with Gasteiger partial charge in [0, 0.05) is 25.0 Å². The summed E-state index contributed by atoms with van der Waals surface area (Å²) in [6.07, 6.45) is 4.35. The molecule has 2 aromatic carbocycles. The lowest BCUT2D eigenvalue weighted by Crippen LogP contribution is -3.00. The molecule has 3 saturated heterocycles. The van der Waals surface area contributed by atoms with E-state index in [1.54, 1.807) is 60.8 Å². The molecule has 36 heavy (non-hydrogen) atoms. The fraction of sp³-hybridized carbons (Fsp3) is 0.333. The molecule has 0 unspecified atom stereocenters. The summed E-state index contributed by atoms with van der Waals surface area (Å²) in [4.78, 5) is 34.3. The number of nitrogens with zero attached hydrogens (tertiary/aromatic N) is 3. The minimum atomic E-state index is -1.91. The first-order chi connectivity index (χ1) is 17.0. The molecule has 0 spiro atoms. The number of nitrogens with one attached hydrogen (secondary N) is 1. The van der Waals surface area contributed by atoms with Crippen LogP contribution in [0.2, 0.25) is 0 Å². The average molecular weight is 553 g/mol. The van der Waals surface area contributed by atoms with Crippen molar-refractivity contribution in [2.24, 2.45) is 5.92 Å². The number of esters is 1. The molecule has 3 aliphatic rings. The summed E-state index contributed by atoms with van der Waals surface area (Å²) in [5.41, 5.74) is -0.986. The van der Waals surface area contributed by atoms with Gasteiger partial charge >= 0.3 is 5.97 Å². The molecule has 8 nitrogen and oxygen atoms in total. The molecule has 0 radical (unpaired) electrons. The first-order valence-corrected chi connectivity index (χ1v) is 11.9. The number of fused-ring (bicyclic) bond motifs is 3. The monoisotopic (exact) mass is 552 g/mol. The first-order valence-electron chi connectivity index (χ1n) is 11.9. The molecule has 9 heteroatoms. The van der Waals surface area contributed by atoms with Gasteiger partial charge in [-0.05, 0) is 17.2 Å². The van der Waals surface area contributed by atoms with Crippen LogP contribution in [0.1, 0.15) is 24.0 Å². The summed E-state index contributed by atoms with van der Waals surface area (Å²) >= 11 is 0. The van der Waals surface area contributed by atoms with Gasteiger partial charge in [-0.3, -0.25) is 4.79 Å². The fourth-order valence-electron chi connectivity index (χ4n) is 5.41. The molecule has 0 aliphatic carbocycles. The van der Waals surface area contributed by atoms with Crippen molar-refractivity contribution < 1.29 is 40.9 Å². The second-order valence-corrected chi connectivity index (χ2v) is 9.50. The van der Waals surface area contributed by atoms with Crippen LogP contribution >= 0.6 is 0 Å². The number of anilines is 1. The van der Waals surface area contributed by atoms with Gasteiger partial charge in [0.25, 0.3) is 5.91 Å². The average Bonchev–Trinajstić information content (AvgIpc) is 2.90. The van der Waals surface area contributed by atoms with Gasteiger partial charge in [-0.2, -0.15) is 0 Å². The highest BCUT2D eigenvalue weighted by atomic mass is 79.9. The van der Waals surface area contributed by atoms with E-state index in [2.05, 4.69) is 15.3 Å². The van der Waals surface area contributed by atoms with E-state index in [1.165, 1.54) is 6.33 Å². The number of carbonyl (C=O) groups excluding carboxylic acids is 2. The van der Waals surface area contributed by atoms with Crippen LogP contribution in [0.3, 0.4) is 0 Å². The predicted octanol–water partition coefficient (Wildman–Crippen LogP) is -0.493. The Morgan fingerprint density at radius 3 is 2.17 bits per heavy atom. The van der Waals surface area contributed by atoms with E-state index < -0.39 is 11.6 Å². The van der Waals surface area contributed by atoms with Crippen molar-refractivity contribution in [3.8, 4) is 0 Å². The Morgan fingerprint density at radius 1 is 1.00 bits per heavy atom. The Labute approximate surface area is 220 Å². The number of hydrogen-bond acceptors (Lipinski definition) is 6. The summed E-state index contributed by atoms with van der Waals surface area (Å²) in [5, 5.41) is 14.6. The third kappa shape index (κ3) is 5.18. The number of rotatable bonds is 7. The van der Waals surface area contributed by atoms with E-state index in [9.17, 15) is 14.7 Å². The van der Waals surface area contributed by atoms with Gasteiger partial charge in [0.15, 0.2) is 12.6 Å². The van der Waals surface area contributed by atoms with Crippen molar-refractivity contribution in [2.45, 2.75) is 24.5 Å². The molecular weight excluding hydrogens is 524 g/mol. The molecule has 3 aromatic rings. The zero-order valence-electron chi connectivity index (χ0n) is 19.8.